The number of nitrogens with one attached hydrogen (secondary N) is 1. The van der Waals surface area contributed by atoms with Crippen molar-refractivity contribution in [2.24, 2.45) is 7.05 Å². The van der Waals surface area contributed by atoms with Crippen molar-refractivity contribution in [2.75, 3.05) is 11.9 Å². The van der Waals surface area contributed by atoms with Gasteiger partial charge in [0.1, 0.15) is 18.2 Å². The van der Waals surface area contributed by atoms with E-state index in [2.05, 4.69) is 24.8 Å². The third kappa shape index (κ3) is 3.66. The highest BCUT2D eigenvalue weighted by Crippen LogP contribution is 2.05. The maximum absolute atomic E-state index is 5.75. The van der Waals surface area contributed by atoms with E-state index in [0.717, 1.165) is 19.5 Å². The smallest absolute Gasteiger partial charge is 0.243 e. The molecular formula is C11H16ClN6+. The van der Waals surface area contributed by atoms with Crippen LogP contribution in [-0.4, -0.2) is 26.1 Å². The molecule has 2 heterocycles. The summed E-state index contributed by atoms with van der Waals surface area (Å²) in [6, 6.07) is 0. The van der Waals surface area contributed by atoms with Crippen LogP contribution in [0, 0.1) is 6.92 Å². The SMILES string of the molecule is Cc1nc(Cl)nc(NCCCn2cc[n+](C)c2)n1. The van der Waals surface area contributed by atoms with Crippen LogP contribution in [0.5, 0.6) is 0 Å². The Bertz CT molecular complexity index is 504. The van der Waals surface area contributed by atoms with E-state index in [1.54, 1.807) is 6.92 Å². The Balaban J connectivity index is 1.78. The van der Waals surface area contributed by atoms with Crippen LogP contribution in [0.1, 0.15) is 12.2 Å². The largest absolute Gasteiger partial charge is 0.354 e. The highest BCUT2D eigenvalue weighted by atomic mass is 35.5. The second-order valence-corrected chi connectivity index (χ2v) is 4.41. The number of rotatable bonds is 5. The van der Waals surface area contributed by atoms with Crippen molar-refractivity contribution in [2.45, 2.75) is 19.9 Å². The van der Waals surface area contributed by atoms with Crippen molar-refractivity contribution in [3.05, 3.63) is 29.8 Å². The fraction of sp³-hybridized carbons (Fsp3) is 0.455. The maximum Gasteiger partial charge on any atom is 0.243 e. The lowest BCUT2D eigenvalue weighted by atomic mass is 10.4. The van der Waals surface area contributed by atoms with E-state index in [0.29, 0.717) is 11.8 Å². The monoisotopic (exact) mass is 267 g/mol. The van der Waals surface area contributed by atoms with Gasteiger partial charge in [0, 0.05) is 13.0 Å². The summed E-state index contributed by atoms with van der Waals surface area (Å²) < 4.78 is 4.15. The van der Waals surface area contributed by atoms with Crippen molar-refractivity contribution >= 4 is 17.5 Å². The van der Waals surface area contributed by atoms with E-state index in [4.69, 9.17) is 11.6 Å². The van der Waals surface area contributed by atoms with Crippen LogP contribution in [0.2, 0.25) is 5.28 Å². The molecule has 0 amide bonds. The molecule has 0 aromatic carbocycles. The van der Waals surface area contributed by atoms with Gasteiger partial charge >= 0.3 is 0 Å². The molecule has 7 heteroatoms. The van der Waals surface area contributed by atoms with Crippen LogP contribution in [0.25, 0.3) is 0 Å². The zero-order chi connectivity index (χ0) is 13.0. The number of nitrogens with zero attached hydrogens (tertiary/aromatic N) is 5. The van der Waals surface area contributed by atoms with Gasteiger partial charge in [0.15, 0.2) is 0 Å². The molecule has 6 nitrogen and oxygen atoms in total. The molecule has 0 fully saturated rings. The molecule has 0 saturated carbocycles. The summed E-state index contributed by atoms with van der Waals surface area (Å²) in [6.45, 7) is 3.53. The standard InChI is InChI=1S/C11H16ClN6/c1-9-14-10(12)16-11(15-9)13-4-3-5-18-7-6-17(2)8-18/h6-8H,3-5H2,1-2H3,(H,13,14,15,16)/q+1. The first kappa shape index (κ1) is 12.8. The van der Waals surface area contributed by atoms with Crippen LogP contribution < -0.4 is 9.88 Å². The highest BCUT2D eigenvalue weighted by molar-refractivity contribution is 6.28. The number of aryl methyl sites for hydroxylation is 3. The number of aromatic nitrogens is 5. The lowest BCUT2D eigenvalue weighted by Gasteiger charge is -2.04. The van der Waals surface area contributed by atoms with E-state index in [1.807, 2.05) is 30.3 Å². The maximum atomic E-state index is 5.75. The quantitative estimate of drug-likeness (QED) is 0.648. The molecule has 2 aromatic heterocycles. The Morgan fingerprint density at radius 2 is 2.22 bits per heavy atom. The Kier molecular flexibility index (Phi) is 4.09. The molecule has 0 aliphatic carbocycles. The van der Waals surface area contributed by atoms with Crippen molar-refractivity contribution in [1.82, 2.24) is 19.5 Å². The van der Waals surface area contributed by atoms with E-state index in [1.165, 1.54) is 0 Å². The van der Waals surface area contributed by atoms with Crippen LogP contribution in [0.4, 0.5) is 5.95 Å². The number of anilines is 1. The Morgan fingerprint density at radius 1 is 1.39 bits per heavy atom. The first-order valence-electron chi connectivity index (χ1n) is 5.76. The zero-order valence-electron chi connectivity index (χ0n) is 10.5. The summed E-state index contributed by atoms with van der Waals surface area (Å²) in [5.74, 6) is 1.15. The summed E-state index contributed by atoms with van der Waals surface area (Å²) in [4.78, 5) is 12.1. The molecule has 96 valence electrons. The minimum Gasteiger partial charge on any atom is -0.354 e. The Morgan fingerprint density at radius 3 is 2.89 bits per heavy atom. The van der Waals surface area contributed by atoms with Crippen LogP contribution in [-0.2, 0) is 13.6 Å². The average molecular weight is 268 g/mol. The van der Waals surface area contributed by atoms with Crippen molar-refractivity contribution in [3.63, 3.8) is 0 Å². The summed E-state index contributed by atoms with van der Waals surface area (Å²) in [5.41, 5.74) is 0. The van der Waals surface area contributed by atoms with Crippen molar-refractivity contribution in [1.29, 1.82) is 0 Å². The van der Waals surface area contributed by atoms with Gasteiger partial charge in [-0.3, -0.25) is 0 Å². The molecular weight excluding hydrogens is 252 g/mol. The average Bonchev–Trinajstić information content (AvgIpc) is 2.69. The van der Waals surface area contributed by atoms with Gasteiger partial charge in [-0.25, -0.2) is 14.1 Å². The number of halogens is 1. The minimum absolute atomic E-state index is 0.224. The van der Waals surface area contributed by atoms with Gasteiger partial charge in [-0.2, -0.15) is 9.97 Å². The molecule has 0 saturated heterocycles. The molecule has 0 atom stereocenters. The zero-order valence-corrected chi connectivity index (χ0v) is 11.2. The normalized spacial score (nSPS) is 10.6. The van der Waals surface area contributed by atoms with E-state index < -0.39 is 0 Å². The summed E-state index contributed by atoms with van der Waals surface area (Å²) in [5, 5.41) is 3.36. The molecule has 18 heavy (non-hydrogen) atoms. The molecule has 0 aliphatic heterocycles. The van der Waals surface area contributed by atoms with Gasteiger partial charge in [-0.05, 0) is 18.5 Å². The molecule has 0 bridgehead atoms. The summed E-state index contributed by atoms with van der Waals surface area (Å²) in [6.07, 6.45) is 7.09. The lowest BCUT2D eigenvalue weighted by Crippen LogP contribution is -2.23. The van der Waals surface area contributed by atoms with E-state index >= 15 is 0 Å². The topological polar surface area (TPSA) is 59.5 Å². The molecule has 2 rings (SSSR count). The first-order chi connectivity index (χ1) is 8.63. The van der Waals surface area contributed by atoms with Crippen LogP contribution >= 0.6 is 11.6 Å². The second-order valence-electron chi connectivity index (χ2n) is 4.07. The van der Waals surface area contributed by atoms with Gasteiger partial charge in [-0.1, -0.05) is 0 Å². The van der Waals surface area contributed by atoms with Crippen molar-refractivity contribution in [3.8, 4) is 0 Å². The van der Waals surface area contributed by atoms with E-state index in [9.17, 15) is 0 Å². The minimum atomic E-state index is 0.224. The van der Waals surface area contributed by atoms with Gasteiger partial charge in [0.25, 0.3) is 0 Å². The van der Waals surface area contributed by atoms with Gasteiger partial charge < -0.3 is 5.32 Å². The van der Waals surface area contributed by atoms with Gasteiger partial charge in [0.2, 0.25) is 17.6 Å². The van der Waals surface area contributed by atoms with Crippen molar-refractivity contribution < 1.29 is 4.57 Å². The van der Waals surface area contributed by atoms with Crippen LogP contribution in [0.3, 0.4) is 0 Å². The number of imidazole rings is 1. The fourth-order valence-electron chi connectivity index (χ4n) is 1.62. The molecule has 2 aromatic rings. The fourth-order valence-corrected chi connectivity index (χ4v) is 1.83. The number of hydrogen-bond donors (Lipinski definition) is 1. The third-order valence-electron chi connectivity index (χ3n) is 2.42. The van der Waals surface area contributed by atoms with Crippen LogP contribution in [0.15, 0.2) is 18.7 Å². The predicted molar refractivity (Wildman–Crippen MR) is 68.3 cm³/mol. The molecule has 0 aliphatic rings. The van der Waals surface area contributed by atoms with Gasteiger partial charge in [-0.15, -0.1) is 0 Å². The molecule has 0 spiro atoms. The number of hydrogen-bond acceptors (Lipinski definition) is 4. The Hall–Kier alpha value is -1.69. The Labute approximate surface area is 111 Å². The second kappa shape index (κ2) is 5.77. The first-order valence-corrected chi connectivity index (χ1v) is 6.14. The summed E-state index contributed by atoms with van der Waals surface area (Å²) >= 11 is 5.75. The van der Waals surface area contributed by atoms with E-state index in [-0.39, 0.29) is 5.28 Å². The summed E-state index contributed by atoms with van der Waals surface area (Å²) in [7, 11) is 2.00. The lowest BCUT2D eigenvalue weighted by molar-refractivity contribution is -0.671. The third-order valence-corrected chi connectivity index (χ3v) is 2.59. The molecule has 0 radical (unpaired) electrons. The molecule has 0 unspecified atom stereocenters. The highest BCUT2D eigenvalue weighted by Gasteiger charge is 2.02. The molecule has 1 N–H and O–H groups in total. The van der Waals surface area contributed by atoms with Gasteiger partial charge in [0.05, 0.1) is 13.6 Å². The predicted octanol–water partition coefficient (Wildman–Crippen LogP) is 0.962.